The molecule has 4 nitrogen and oxygen atoms in total. The lowest BCUT2D eigenvalue weighted by molar-refractivity contribution is 0.100. The summed E-state index contributed by atoms with van der Waals surface area (Å²) in [7, 11) is 0. The molecule has 15 heavy (non-hydrogen) atoms. The van der Waals surface area contributed by atoms with E-state index in [-0.39, 0.29) is 0 Å². The number of carbonyl (C=O) groups is 1. The first-order valence-electron chi connectivity index (χ1n) is 4.68. The largest absolute Gasteiger partial charge is 0.385 e. The summed E-state index contributed by atoms with van der Waals surface area (Å²) in [5.41, 5.74) is 11.7. The number of rotatable bonds is 5. The van der Waals surface area contributed by atoms with Gasteiger partial charge in [-0.3, -0.25) is 4.79 Å². The Hall–Kier alpha value is -1.26. The van der Waals surface area contributed by atoms with E-state index in [1.807, 2.05) is 0 Å². The van der Waals surface area contributed by atoms with E-state index in [1.54, 1.807) is 18.2 Å². The summed E-state index contributed by atoms with van der Waals surface area (Å²) >= 11 is 5.80. The molecule has 0 aliphatic rings. The van der Waals surface area contributed by atoms with Crippen LogP contribution in [-0.4, -0.2) is 19.0 Å². The van der Waals surface area contributed by atoms with Gasteiger partial charge in [0.1, 0.15) is 0 Å². The van der Waals surface area contributed by atoms with Crippen molar-refractivity contribution in [3.05, 3.63) is 28.8 Å². The minimum atomic E-state index is -0.525. The van der Waals surface area contributed by atoms with Gasteiger partial charge < -0.3 is 16.8 Å². The van der Waals surface area contributed by atoms with Gasteiger partial charge >= 0.3 is 0 Å². The summed E-state index contributed by atoms with van der Waals surface area (Å²) in [5.74, 6) is -0.525. The van der Waals surface area contributed by atoms with Crippen molar-refractivity contribution < 1.29 is 4.79 Å². The van der Waals surface area contributed by atoms with Gasteiger partial charge in [0.05, 0.1) is 10.6 Å². The zero-order valence-corrected chi connectivity index (χ0v) is 9.05. The molecule has 0 saturated heterocycles. The lowest BCUT2D eigenvalue weighted by Gasteiger charge is -2.07. The molecular formula is C10H14ClN3O. The Labute approximate surface area is 93.6 Å². The highest BCUT2D eigenvalue weighted by atomic mass is 35.5. The number of nitrogens with two attached hydrogens (primary N) is 2. The van der Waals surface area contributed by atoms with E-state index in [9.17, 15) is 4.79 Å². The van der Waals surface area contributed by atoms with Crippen LogP contribution in [0.5, 0.6) is 0 Å². The summed E-state index contributed by atoms with van der Waals surface area (Å²) in [6.07, 6.45) is 0.870. The second-order valence-corrected chi connectivity index (χ2v) is 3.54. The first kappa shape index (κ1) is 11.8. The first-order valence-corrected chi connectivity index (χ1v) is 5.06. The Morgan fingerprint density at radius 1 is 1.47 bits per heavy atom. The van der Waals surface area contributed by atoms with Gasteiger partial charge in [-0.25, -0.2) is 0 Å². The molecule has 0 radical (unpaired) electrons. The molecule has 0 heterocycles. The number of hydrogen-bond acceptors (Lipinski definition) is 3. The fourth-order valence-corrected chi connectivity index (χ4v) is 1.37. The Morgan fingerprint density at radius 2 is 2.20 bits per heavy atom. The Kier molecular flexibility index (Phi) is 4.39. The van der Waals surface area contributed by atoms with Gasteiger partial charge in [0.15, 0.2) is 0 Å². The molecule has 82 valence electrons. The van der Waals surface area contributed by atoms with Crippen molar-refractivity contribution in [3.8, 4) is 0 Å². The molecule has 5 heteroatoms. The van der Waals surface area contributed by atoms with E-state index in [0.29, 0.717) is 17.1 Å². The van der Waals surface area contributed by atoms with E-state index in [1.165, 1.54) is 0 Å². The fraction of sp³-hybridized carbons (Fsp3) is 0.300. The average Bonchev–Trinajstić information content (AvgIpc) is 2.20. The molecule has 0 bridgehead atoms. The van der Waals surface area contributed by atoms with Crippen LogP contribution in [0.1, 0.15) is 16.8 Å². The molecule has 0 aliphatic heterocycles. The molecule has 1 aromatic rings. The monoisotopic (exact) mass is 227 g/mol. The number of benzene rings is 1. The van der Waals surface area contributed by atoms with Crippen molar-refractivity contribution in [2.45, 2.75) is 6.42 Å². The van der Waals surface area contributed by atoms with Crippen LogP contribution in [0, 0.1) is 0 Å². The molecule has 0 atom stereocenters. The van der Waals surface area contributed by atoms with Crippen LogP contribution < -0.4 is 16.8 Å². The molecular weight excluding hydrogens is 214 g/mol. The van der Waals surface area contributed by atoms with Crippen molar-refractivity contribution >= 4 is 23.2 Å². The lowest BCUT2D eigenvalue weighted by atomic mass is 10.2. The summed E-state index contributed by atoms with van der Waals surface area (Å²) in [6.45, 7) is 1.39. The highest BCUT2D eigenvalue weighted by Gasteiger charge is 2.06. The Morgan fingerprint density at radius 3 is 2.80 bits per heavy atom. The quantitative estimate of drug-likeness (QED) is 0.662. The summed E-state index contributed by atoms with van der Waals surface area (Å²) in [5, 5.41) is 3.49. The van der Waals surface area contributed by atoms with Gasteiger partial charge in [0, 0.05) is 12.2 Å². The number of nitrogens with one attached hydrogen (secondary N) is 1. The number of hydrogen-bond donors (Lipinski definition) is 3. The normalized spacial score (nSPS) is 10.0. The van der Waals surface area contributed by atoms with E-state index in [2.05, 4.69) is 5.32 Å². The third-order valence-corrected chi connectivity index (χ3v) is 2.27. The second-order valence-electron chi connectivity index (χ2n) is 3.13. The summed E-state index contributed by atoms with van der Waals surface area (Å²) in [6, 6.07) is 5.08. The number of amides is 1. The highest BCUT2D eigenvalue weighted by Crippen LogP contribution is 2.19. The maximum atomic E-state index is 11.0. The number of halogens is 1. The molecule has 1 rings (SSSR count). The third kappa shape index (κ3) is 3.42. The van der Waals surface area contributed by atoms with Crippen LogP contribution in [0.25, 0.3) is 0 Å². The van der Waals surface area contributed by atoms with Gasteiger partial charge in [-0.1, -0.05) is 11.6 Å². The van der Waals surface area contributed by atoms with E-state index >= 15 is 0 Å². The van der Waals surface area contributed by atoms with Gasteiger partial charge in [-0.15, -0.1) is 0 Å². The minimum absolute atomic E-state index is 0.328. The number of carbonyl (C=O) groups excluding carboxylic acids is 1. The molecule has 0 fully saturated rings. The van der Waals surface area contributed by atoms with Crippen LogP contribution in [0.15, 0.2) is 18.2 Å². The molecule has 0 aromatic heterocycles. The van der Waals surface area contributed by atoms with Gasteiger partial charge in [0.25, 0.3) is 0 Å². The predicted molar refractivity (Wildman–Crippen MR) is 62.1 cm³/mol. The van der Waals surface area contributed by atoms with Crippen molar-refractivity contribution in [1.82, 2.24) is 0 Å². The third-order valence-electron chi connectivity index (χ3n) is 1.94. The molecule has 0 unspecified atom stereocenters. The second kappa shape index (κ2) is 5.58. The van der Waals surface area contributed by atoms with Gasteiger partial charge in [-0.2, -0.15) is 0 Å². The van der Waals surface area contributed by atoms with E-state index in [4.69, 9.17) is 23.1 Å². The van der Waals surface area contributed by atoms with E-state index < -0.39 is 5.91 Å². The molecule has 0 aliphatic carbocycles. The van der Waals surface area contributed by atoms with Crippen LogP contribution in [-0.2, 0) is 0 Å². The first-order chi connectivity index (χ1) is 7.15. The number of primary amides is 1. The molecule has 0 saturated carbocycles. The predicted octanol–water partition coefficient (Wildman–Crippen LogP) is 1.20. The lowest BCUT2D eigenvalue weighted by Crippen LogP contribution is -2.13. The Bertz CT molecular complexity index is 355. The maximum Gasteiger partial charge on any atom is 0.250 e. The summed E-state index contributed by atoms with van der Waals surface area (Å²) < 4.78 is 0. The zero-order chi connectivity index (χ0) is 11.3. The van der Waals surface area contributed by atoms with Crippen LogP contribution >= 0.6 is 11.6 Å². The van der Waals surface area contributed by atoms with Crippen LogP contribution in [0.4, 0.5) is 5.69 Å². The van der Waals surface area contributed by atoms with Crippen molar-refractivity contribution in [1.29, 1.82) is 0 Å². The van der Waals surface area contributed by atoms with Crippen molar-refractivity contribution in [2.24, 2.45) is 11.5 Å². The SMILES string of the molecule is NCCCNc1ccc(Cl)c(C(N)=O)c1. The number of anilines is 1. The smallest absolute Gasteiger partial charge is 0.250 e. The highest BCUT2D eigenvalue weighted by molar-refractivity contribution is 6.33. The van der Waals surface area contributed by atoms with Crippen molar-refractivity contribution in [3.63, 3.8) is 0 Å². The van der Waals surface area contributed by atoms with Gasteiger partial charge in [-0.05, 0) is 31.2 Å². The molecule has 1 amide bonds. The standard InChI is InChI=1S/C10H14ClN3O/c11-9-3-2-7(14-5-1-4-12)6-8(9)10(13)15/h2-3,6,14H,1,4-5,12H2,(H2,13,15). The zero-order valence-electron chi connectivity index (χ0n) is 8.29. The maximum absolute atomic E-state index is 11.0. The average molecular weight is 228 g/mol. The Balaban J connectivity index is 2.74. The van der Waals surface area contributed by atoms with Gasteiger partial charge in [0.2, 0.25) is 5.91 Å². The van der Waals surface area contributed by atoms with E-state index in [0.717, 1.165) is 18.7 Å². The molecule has 5 N–H and O–H groups in total. The molecule has 1 aromatic carbocycles. The minimum Gasteiger partial charge on any atom is -0.385 e. The van der Waals surface area contributed by atoms with Crippen molar-refractivity contribution in [2.75, 3.05) is 18.4 Å². The summed E-state index contributed by atoms with van der Waals surface area (Å²) in [4.78, 5) is 11.0. The fourth-order valence-electron chi connectivity index (χ4n) is 1.16. The molecule has 0 spiro atoms. The van der Waals surface area contributed by atoms with Crippen LogP contribution in [0.2, 0.25) is 5.02 Å². The topological polar surface area (TPSA) is 81.1 Å². The van der Waals surface area contributed by atoms with Crippen LogP contribution in [0.3, 0.4) is 0 Å².